The minimum Gasteiger partial charge on any atom is -0.480 e. The van der Waals surface area contributed by atoms with Gasteiger partial charge in [0.1, 0.15) is 18.0 Å². The molecule has 0 aliphatic carbocycles. The number of nitrogens with two attached hydrogens (primary N) is 1. The Hall–Kier alpha value is -2.79. The second kappa shape index (κ2) is 12.4. The second-order valence-corrected chi connectivity index (χ2v) is 9.14. The number of nitrogens with zero attached hydrogens (tertiary/aromatic N) is 1. The average Bonchev–Trinajstić information content (AvgIpc) is 3.00. The van der Waals surface area contributed by atoms with Crippen molar-refractivity contribution in [3.05, 3.63) is 38.0 Å². The van der Waals surface area contributed by atoms with E-state index in [1.807, 2.05) is 0 Å². The van der Waals surface area contributed by atoms with Gasteiger partial charge in [-0.3, -0.25) is 14.4 Å². The van der Waals surface area contributed by atoms with Crippen LogP contribution in [0, 0.1) is 11.8 Å². The minimum absolute atomic E-state index is 0.0221. The third-order valence-electron chi connectivity index (χ3n) is 5.30. The van der Waals surface area contributed by atoms with Crippen molar-refractivity contribution in [1.29, 1.82) is 0 Å². The van der Waals surface area contributed by atoms with Gasteiger partial charge in [-0.25, -0.2) is 4.79 Å². The SMILES string of the molecule is C=CCOC(=O)C(C)CC1(C(=O)O)S[C@@H]2C(C(C)O)C(=O)N2C1CC=C.C=CCOC(N)=O. The molecule has 2 aliphatic heterocycles. The third kappa shape index (κ3) is 6.38. The molecule has 11 heteroatoms. The van der Waals surface area contributed by atoms with Crippen LogP contribution in [0.1, 0.15) is 26.7 Å². The van der Waals surface area contributed by atoms with Crippen LogP contribution in [0.4, 0.5) is 4.79 Å². The number of carbonyl (C=O) groups is 4. The molecule has 2 saturated heterocycles. The first kappa shape index (κ1) is 28.2. The molecule has 0 aromatic carbocycles. The van der Waals surface area contributed by atoms with Crippen LogP contribution in [-0.2, 0) is 23.9 Å². The van der Waals surface area contributed by atoms with Gasteiger partial charge in [-0.05, 0) is 19.8 Å². The number of aliphatic hydroxyl groups is 1. The van der Waals surface area contributed by atoms with Crippen molar-refractivity contribution >= 4 is 35.7 Å². The first-order valence-corrected chi connectivity index (χ1v) is 11.2. The number of aliphatic carboxylic acids is 1. The van der Waals surface area contributed by atoms with Gasteiger partial charge in [-0.1, -0.05) is 38.3 Å². The fourth-order valence-electron chi connectivity index (χ4n) is 3.82. The molecular formula is C22H32N2O8S. The lowest BCUT2D eigenvalue weighted by Gasteiger charge is -2.46. The predicted octanol–water partition coefficient (Wildman–Crippen LogP) is 1.69. The first-order valence-electron chi connectivity index (χ1n) is 10.3. The molecule has 4 N–H and O–H groups in total. The lowest BCUT2D eigenvalue weighted by atomic mass is 9.82. The van der Waals surface area contributed by atoms with E-state index in [-0.39, 0.29) is 25.5 Å². The van der Waals surface area contributed by atoms with E-state index in [2.05, 4.69) is 30.2 Å². The lowest BCUT2D eigenvalue weighted by molar-refractivity contribution is -0.161. The zero-order valence-corrected chi connectivity index (χ0v) is 19.7. The van der Waals surface area contributed by atoms with Crippen molar-refractivity contribution in [1.82, 2.24) is 4.90 Å². The van der Waals surface area contributed by atoms with Crippen LogP contribution >= 0.6 is 11.8 Å². The van der Waals surface area contributed by atoms with Crippen LogP contribution in [-0.4, -0.2) is 74.5 Å². The summed E-state index contributed by atoms with van der Waals surface area (Å²) in [5, 5.41) is 19.5. The Morgan fingerprint density at radius 1 is 1.18 bits per heavy atom. The van der Waals surface area contributed by atoms with Crippen molar-refractivity contribution < 1.29 is 38.9 Å². The topological polar surface area (TPSA) is 156 Å². The number of hydrogen-bond acceptors (Lipinski definition) is 8. The normalized spacial score (nSPS) is 26.9. The Kier molecular flexibility index (Phi) is 10.7. The Morgan fingerprint density at radius 3 is 2.18 bits per heavy atom. The van der Waals surface area contributed by atoms with E-state index in [4.69, 9.17) is 4.74 Å². The molecule has 2 heterocycles. The highest BCUT2D eigenvalue weighted by Gasteiger charge is 2.67. The van der Waals surface area contributed by atoms with E-state index in [0.29, 0.717) is 6.42 Å². The second-order valence-electron chi connectivity index (χ2n) is 7.70. The number of rotatable bonds is 11. The van der Waals surface area contributed by atoms with Crippen LogP contribution in [0.3, 0.4) is 0 Å². The third-order valence-corrected chi connectivity index (χ3v) is 7.09. The fraction of sp³-hybridized carbons (Fsp3) is 0.545. The van der Waals surface area contributed by atoms with Crippen LogP contribution in [0.5, 0.6) is 0 Å². The molecule has 2 rings (SSSR count). The van der Waals surface area contributed by atoms with E-state index in [1.165, 1.54) is 24.0 Å². The molecule has 0 spiro atoms. The molecule has 2 aliphatic rings. The zero-order chi connectivity index (χ0) is 25.3. The maximum absolute atomic E-state index is 12.5. The highest BCUT2D eigenvalue weighted by Crippen LogP contribution is 2.57. The van der Waals surface area contributed by atoms with E-state index in [0.717, 1.165) is 11.8 Å². The number of carboxylic acid groups (broad SMARTS) is 1. The minimum atomic E-state index is -1.36. The molecule has 0 radical (unpaired) electrons. The summed E-state index contributed by atoms with van der Waals surface area (Å²) in [5.41, 5.74) is 4.57. The van der Waals surface area contributed by atoms with E-state index >= 15 is 0 Å². The summed E-state index contributed by atoms with van der Waals surface area (Å²) in [6, 6.07) is -0.621. The number of esters is 1. The summed E-state index contributed by atoms with van der Waals surface area (Å²) in [6.07, 6.45) is 3.16. The average molecular weight is 485 g/mol. The van der Waals surface area contributed by atoms with Gasteiger partial charge in [-0.2, -0.15) is 0 Å². The number of primary amides is 1. The molecule has 0 aromatic heterocycles. The molecule has 0 bridgehead atoms. The monoisotopic (exact) mass is 484 g/mol. The Labute approximate surface area is 197 Å². The lowest BCUT2D eigenvalue weighted by Crippen LogP contribution is -2.64. The van der Waals surface area contributed by atoms with E-state index < -0.39 is 52.1 Å². The highest BCUT2D eigenvalue weighted by atomic mass is 32.2. The summed E-state index contributed by atoms with van der Waals surface area (Å²) < 4.78 is 7.89. The van der Waals surface area contributed by atoms with Gasteiger partial charge < -0.3 is 30.3 Å². The Bertz CT molecular complexity index is 786. The number of β-lactam (4-membered cyclic amide) rings is 1. The summed E-state index contributed by atoms with van der Waals surface area (Å²) in [5.74, 6) is -3.13. The van der Waals surface area contributed by atoms with Crippen LogP contribution < -0.4 is 5.73 Å². The van der Waals surface area contributed by atoms with Gasteiger partial charge in [-0.15, -0.1) is 18.3 Å². The van der Waals surface area contributed by atoms with Crippen LogP contribution in [0.2, 0.25) is 0 Å². The Balaban J connectivity index is 0.000000675. The Morgan fingerprint density at radius 2 is 1.76 bits per heavy atom. The molecule has 184 valence electrons. The number of fused-ring (bicyclic) bond motifs is 1. The van der Waals surface area contributed by atoms with Crippen molar-refractivity contribution in [2.45, 2.75) is 49.0 Å². The summed E-state index contributed by atoms with van der Waals surface area (Å²) in [7, 11) is 0. The number of amides is 2. The molecule has 6 atom stereocenters. The van der Waals surface area contributed by atoms with Gasteiger partial charge in [0.25, 0.3) is 0 Å². The largest absolute Gasteiger partial charge is 0.480 e. The molecule has 0 saturated carbocycles. The molecule has 2 fully saturated rings. The fourth-order valence-corrected chi connectivity index (χ4v) is 5.92. The van der Waals surface area contributed by atoms with Crippen molar-refractivity contribution in [2.24, 2.45) is 17.6 Å². The van der Waals surface area contributed by atoms with Crippen molar-refractivity contribution in [2.75, 3.05) is 13.2 Å². The van der Waals surface area contributed by atoms with E-state index in [1.54, 1.807) is 13.0 Å². The summed E-state index contributed by atoms with van der Waals surface area (Å²) in [4.78, 5) is 48.1. The molecule has 10 nitrogen and oxygen atoms in total. The van der Waals surface area contributed by atoms with Gasteiger partial charge >= 0.3 is 18.0 Å². The number of thioether (sulfide) groups is 1. The molecule has 2 amide bonds. The number of aliphatic hydroxyl groups excluding tert-OH is 1. The highest BCUT2D eigenvalue weighted by molar-refractivity contribution is 8.02. The van der Waals surface area contributed by atoms with Crippen LogP contribution in [0.15, 0.2) is 38.0 Å². The number of carbonyl (C=O) groups excluding carboxylic acids is 3. The first-order chi connectivity index (χ1) is 15.5. The molecule has 5 unspecified atom stereocenters. The van der Waals surface area contributed by atoms with Crippen molar-refractivity contribution in [3.8, 4) is 0 Å². The van der Waals surface area contributed by atoms with Gasteiger partial charge in [0.2, 0.25) is 5.91 Å². The summed E-state index contributed by atoms with van der Waals surface area (Å²) in [6.45, 7) is 13.8. The molecular weight excluding hydrogens is 452 g/mol. The standard InChI is InChI=1S/C18H25NO6S.C4H7NO2/c1-5-7-12-18(17(23)24,9-10(3)16(22)25-8-6-2)26-15-13(11(4)20)14(21)19(12)15;1-2-3-7-4(5)6/h5-6,10-13,15,20H,1-2,7-9H2,3-4H3,(H,23,24);2H,1,3H2,(H2,5,6)/t10?,11?,12?,13?,15-,18?;/m1./s1. The van der Waals surface area contributed by atoms with Gasteiger partial charge in [0, 0.05) is 0 Å². The van der Waals surface area contributed by atoms with Crippen LogP contribution in [0.25, 0.3) is 0 Å². The van der Waals surface area contributed by atoms with E-state index in [9.17, 15) is 29.4 Å². The number of carboxylic acids is 1. The zero-order valence-electron chi connectivity index (χ0n) is 18.8. The van der Waals surface area contributed by atoms with Gasteiger partial charge in [0.05, 0.1) is 29.4 Å². The number of hydrogen-bond donors (Lipinski definition) is 3. The number of ether oxygens (including phenoxy) is 2. The smallest absolute Gasteiger partial charge is 0.404 e. The molecule has 0 aromatic rings. The molecule has 33 heavy (non-hydrogen) atoms. The predicted molar refractivity (Wildman–Crippen MR) is 123 cm³/mol. The van der Waals surface area contributed by atoms with Crippen molar-refractivity contribution in [3.63, 3.8) is 0 Å². The maximum atomic E-state index is 12.5. The maximum Gasteiger partial charge on any atom is 0.404 e. The van der Waals surface area contributed by atoms with Gasteiger partial charge in [0.15, 0.2) is 0 Å². The summed E-state index contributed by atoms with van der Waals surface area (Å²) >= 11 is 1.14. The quantitative estimate of drug-likeness (QED) is 0.225.